The number of carbonyl (C=O) groups excluding carboxylic acids is 1. The zero-order chi connectivity index (χ0) is 15.0. The molecule has 0 N–H and O–H groups in total. The summed E-state index contributed by atoms with van der Waals surface area (Å²) in [6.45, 7) is 0. The second-order valence-corrected chi connectivity index (χ2v) is 4.96. The van der Waals surface area contributed by atoms with Crippen LogP contribution in [-0.4, -0.2) is 22.0 Å². The Morgan fingerprint density at radius 3 is 2.57 bits per heavy atom. The van der Waals surface area contributed by atoms with E-state index in [9.17, 15) is 18.0 Å². The number of aromatic nitrogens is 2. The molecule has 4 nitrogen and oxygen atoms in total. The number of ether oxygens (including phenoxy) is 1. The first kappa shape index (κ1) is 13.6. The number of imidazole rings is 1. The Bertz CT molecular complexity index is 790. The van der Waals surface area contributed by atoms with Crippen molar-refractivity contribution in [2.45, 2.75) is 6.36 Å². The fourth-order valence-corrected chi connectivity index (χ4v) is 2.66. The van der Waals surface area contributed by atoms with E-state index in [1.807, 2.05) is 0 Å². The van der Waals surface area contributed by atoms with Crippen molar-refractivity contribution in [3.8, 4) is 17.0 Å². The summed E-state index contributed by atoms with van der Waals surface area (Å²) in [7, 11) is 0. The lowest BCUT2D eigenvalue weighted by Gasteiger charge is -2.08. The molecule has 8 heteroatoms. The largest absolute Gasteiger partial charge is 0.573 e. The Hall–Kier alpha value is -2.35. The quantitative estimate of drug-likeness (QED) is 0.691. The number of halogens is 3. The molecule has 3 rings (SSSR count). The van der Waals surface area contributed by atoms with Crippen LogP contribution in [0.25, 0.3) is 16.2 Å². The first-order valence-electron chi connectivity index (χ1n) is 5.75. The van der Waals surface area contributed by atoms with Gasteiger partial charge in [-0.25, -0.2) is 4.98 Å². The van der Waals surface area contributed by atoms with E-state index in [0.29, 0.717) is 28.2 Å². The number of nitrogens with zero attached hydrogens (tertiary/aromatic N) is 2. The number of benzene rings is 1. The van der Waals surface area contributed by atoms with Crippen molar-refractivity contribution in [3.05, 3.63) is 41.5 Å². The summed E-state index contributed by atoms with van der Waals surface area (Å²) in [4.78, 5) is 16.1. The van der Waals surface area contributed by atoms with Gasteiger partial charge in [-0.2, -0.15) is 0 Å². The van der Waals surface area contributed by atoms with E-state index in [2.05, 4.69) is 9.72 Å². The Morgan fingerprint density at radius 2 is 1.95 bits per heavy atom. The van der Waals surface area contributed by atoms with Gasteiger partial charge in [0, 0.05) is 17.1 Å². The highest BCUT2D eigenvalue weighted by atomic mass is 32.1. The molecular weight excluding hydrogens is 305 g/mol. The van der Waals surface area contributed by atoms with Crippen molar-refractivity contribution in [2.75, 3.05) is 0 Å². The summed E-state index contributed by atoms with van der Waals surface area (Å²) in [5.74, 6) is -0.320. The van der Waals surface area contributed by atoms with Crippen molar-refractivity contribution in [1.82, 2.24) is 9.38 Å². The van der Waals surface area contributed by atoms with E-state index >= 15 is 0 Å². The molecule has 2 aromatic heterocycles. The number of thiazole rings is 1. The smallest absolute Gasteiger partial charge is 0.406 e. The molecule has 108 valence electrons. The summed E-state index contributed by atoms with van der Waals surface area (Å²) in [6.07, 6.45) is -2.35. The van der Waals surface area contributed by atoms with Crippen LogP contribution in [0.4, 0.5) is 13.2 Å². The molecule has 0 aliphatic heterocycles. The van der Waals surface area contributed by atoms with E-state index in [1.165, 1.54) is 35.6 Å². The van der Waals surface area contributed by atoms with E-state index in [-0.39, 0.29) is 5.75 Å². The summed E-state index contributed by atoms with van der Waals surface area (Å²) >= 11 is 1.36. The summed E-state index contributed by atoms with van der Waals surface area (Å²) < 4.78 is 41.7. The molecule has 0 bridgehead atoms. The van der Waals surface area contributed by atoms with Gasteiger partial charge in [0.25, 0.3) is 0 Å². The molecule has 1 aromatic carbocycles. The van der Waals surface area contributed by atoms with E-state index in [0.717, 1.165) is 0 Å². The van der Waals surface area contributed by atoms with Crippen LogP contribution >= 0.6 is 11.3 Å². The number of rotatable bonds is 3. The molecular formula is C13H7F3N2O2S. The van der Waals surface area contributed by atoms with Gasteiger partial charge in [0.1, 0.15) is 17.1 Å². The second kappa shape index (κ2) is 4.88. The first-order valence-corrected chi connectivity index (χ1v) is 6.63. The fourth-order valence-electron chi connectivity index (χ4n) is 1.94. The Labute approximate surface area is 120 Å². The highest BCUT2D eigenvalue weighted by Gasteiger charge is 2.31. The summed E-state index contributed by atoms with van der Waals surface area (Å²) in [5.41, 5.74) is 1.33. The molecule has 0 fully saturated rings. The van der Waals surface area contributed by atoms with Crippen molar-refractivity contribution in [2.24, 2.45) is 0 Å². The monoisotopic (exact) mass is 312 g/mol. The van der Waals surface area contributed by atoms with Gasteiger partial charge in [-0.1, -0.05) is 0 Å². The molecule has 0 saturated heterocycles. The van der Waals surface area contributed by atoms with Crippen LogP contribution < -0.4 is 4.74 Å². The predicted octanol–water partition coefficient (Wildman–Crippen LogP) is 3.77. The normalized spacial score (nSPS) is 11.8. The average molecular weight is 312 g/mol. The molecule has 0 spiro atoms. The van der Waals surface area contributed by atoms with Crippen LogP contribution in [0.2, 0.25) is 0 Å². The molecule has 0 atom stereocenters. The van der Waals surface area contributed by atoms with Gasteiger partial charge in [0.15, 0.2) is 11.2 Å². The average Bonchev–Trinajstić information content (AvgIpc) is 2.97. The lowest BCUT2D eigenvalue weighted by atomic mass is 10.1. The Kier molecular flexibility index (Phi) is 3.17. The first-order chi connectivity index (χ1) is 9.98. The number of alkyl halides is 3. The van der Waals surface area contributed by atoms with Crippen molar-refractivity contribution < 1.29 is 22.7 Å². The predicted molar refractivity (Wildman–Crippen MR) is 70.6 cm³/mol. The van der Waals surface area contributed by atoms with Gasteiger partial charge in [-0.15, -0.1) is 24.5 Å². The third kappa shape index (κ3) is 2.62. The topological polar surface area (TPSA) is 43.6 Å². The SMILES string of the molecule is O=Cc1c(-c2ccc(OC(F)(F)F)cc2)nc2sccn12. The minimum atomic E-state index is -4.73. The molecule has 21 heavy (non-hydrogen) atoms. The highest BCUT2D eigenvalue weighted by molar-refractivity contribution is 7.15. The van der Waals surface area contributed by atoms with Crippen LogP contribution in [0.5, 0.6) is 5.75 Å². The van der Waals surface area contributed by atoms with Crippen LogP contribution in [0, 0.1) is 0 Å². The maximum absolute atomic E-state index is 12.1. The number of hydrogen-bond donors (Lipinski definition) is 0. The van der Waals surface area contributed by atoms with Gasteiger partial charge in [0.05, 0.1) is 0 Å². The molecule has 0 saturated carbocycles. The van der Waals surface area contributed by atoms with Crippen LogP contribution in [0.15, 0.2) is 35.8 Å². The lowest BCUT2D eigenvalue weighted by Crippen LogP contribution is -2.16. The summed E-state index contributed by atoms with van der Waals surface area (Å²) in [5, 5.41) is 1.79. The van der Waals surface area contributed by atoms with Gasteiger partial charge in [-0.3, -0.25) is 9.20 Å². The molecule has 3 aromatic rings. The van der Waals surface area contributed by atoms with Crippen LogP contribution in [0.3, 0.4) is 0 Å². The Balaban J connectivity index is 1.99. The van der Waals surface area contributed by atoms with Gasteiger partial charge < -0.3 is 4.74 Å². The molecule has 0 aliphatic carbocycles. The number of hydrogen-bond acceptors (Lipinski definition) is 4. The van der Waals surface area contributed by atoms with Crippen LogP contribution in [-0.2, 0) is 0 Å². The standard InChI is InChI=1S/C13H7F3N2O2S/c14-13(15,16)20-9-3-1-8(2-4-9)11-10(7-19)18-5-6-21-12(18)17-11/h1-7H. The molecule has 0 aliphatic rings. The number of carbonyl (C=O) groups is 1. The maximum Gasteiger partial charge on any atom is 0.573 e. The minimum Gasteiger partial charge on any atom is -0.406 e. The molecule has 2 heterocycles. The second-order valence-electron chi connectivity index (χ2n) is 4.09. The lowest BCUT2D eigenvalue weighted by molar-refractivity contribution is -0.274. The van der Waals surface area contributed by atoms with Crippen molar-refractivity contribution in [3.63, 3.8) is 0 Å². The van der Waals surface area contributed by atoms with Crippen molar-refractivity contribution >= 4 is 22.6 Å². The third-order valence-corrected chi connectivity index (χ3v) is 3.53. The fraction of sp³-hybridized carbons (Fsp3) is 0.0769. The van der Waals surface area contributed by atoms with Gasteiger partial charge >= 0.3 is 6.36 Å². The van der Waals surface area contributed by atoms with Gasteiger partial charge in [0.2, 0.25) is 0 Å². The van der Waals surface area contributed by atoms with Gasteiger partial charge in [-0.05, 0) is 24.3 Å². The maximum atomic E-state index is 12.1. The number of aldehydes is 1. The molecule has 0 unspecified atom stereocenters. The van der Waals surface area contributed by atoms with Crippen LogP contribution in [0.1, 0.15) is 10.5 Å². The third-order valence-electron chi connectivity index (χ3n) is 2.77. The summed E-state index contributed by atoms with van der Waals surface area (Å²) in [6, 6.07) is 5.23. The zero-order valence-corrected chi connectivity index (χ0v) is 11.1. The zero-order valence-electron chi connectivity index (χ0n) is 10.3. The van der Waals surface area contributed by atoms with E-state index in [1.54, 1.807) is 16.0 Å². The minimum absolute atomic E-state index is 0.320. The highest BCUT2D eigenvalue weighted by Crippen LogP contribution is 2.29. The number of fused-ring (bicyclic) bond motifs is 1. The molecule has 0 amide bonds. The van der Waals surface area contributed by atoms with E-state index in [4.69, 9.17) is 0 Å². The van der Waals surface area contributed by atoms with Crippen molar-refractivity contribution in [1.29, 1.82) is 0 Å². The van der Waals surface area contributed by atoms with E-state index < -0.39 is 6.36 Å². The molecule has 0 radical (unpaired) electrons. The Morgan fingerprint density at radius 1 is 1.24 bits per heavy atom.